The van der Waals surface area contributed by atoms with Crippen LogP contribution < -0.4 is 5.32 Å². The maximum Gasteiger partial charge on any atom is 0.413 e. The van der Waals surface area contributed by atoms with E-state index in [1.54, 1.807) is 18.3 Å². The molecule has 1 saturated heterocycles. The SMILES string of the molecule is O=C(NC1(C(F)(F)F)CCOC1)c1cccc(-n2ccnn2)c1. The molecule has 1 aliphatic rings. The molecule has 1 aromatic heterocycles. The molecule has 9 heteroatoms. The van der Waals surface area contributed by atoms with Crippen LogP contribution in [0.3, 0.4) is 0 Å². The fraction of sp³-hybridized carbons (Fsp3) is 0.357. The molecule has 0 bridgehead atoms. The largest absolute Gasteiger partial charge is 0.413 e. The van der Waals surface area contributed by atoms with Crippen molar-refractivity contribution in [1.29, 1.82) is 0 Å². The van der Waals surface area contributed by atoms with Gasteiger partial charge in [0.05, 0.1) is 24.7 Å². The minimum atomic E-state index is -4.58. The number of alkyl halides is 3. The van der Waals surface area contributed by atoms with E-state index in [1.807, 2.05) is 0 Å². The van der Waals surface area contributed by atoms with Crippen LogP contribution in [0.2, 0.25) is 0 Å². The molecule has 122 valence electrons. The van der Waals surface area contributed by atoms with Gasteiger partial charge in [-0.2, -0.15) is 13.2 Å². The van der Waals surface area contributed by atoms with Gasteiger partial charge in [0.25, 0.3) is 5.91 Å². The molecule has 1 amide bonds. The first-order chi connectivity index (χ1) is 10.9. The van der Waals surface area contributed by atoms with Gasteiger partial charge in [-0.1, -0.05) is 11.3 Å². The molecule has 0 radical (unpaired) electrons. The van der Waals surface area contributed by atoms with E-state index in [-0.39, 0.29) is 18.6 Å². The third kappa shape index (κ3) is 2.91. The van der Waals surface area contributed by atoms with Gasteiger partial charge in [0.1, 0.15) is 0 Å². The Morgan fingerprint density at radius 3 is 2.83 bits per heavy atom. The Labute approximate surface area is 129 Å². The molecule has 1 fully saturated rings. The van der Waals surface area contributed by atoms with Crippen molar-refractivity contribution in [2.45, 2.75) is 18.1 Å². The summed E-state index contributed by atoms with van der Waals surface area (Å²) >= 11 is 0. The number of carbonyl (C=O) groups is 1. The minimum Gasteiger partial charge on any atom is -0.379 e. The molecule has 6 nitrogen and oxygen atoms in total. The van der Waals surface area contributed by atoms with Gasteiger partial charge < -0.3 is 10.1 Å². The highest BCUT2D eigenvalue weighted by atomic mass is 19.4. The van der Waals surface area contributed by atoms with Gasteiger partial charge in [-0.15, -0.1) is 5.10 Å². The predicted molar refractivity (Wildman–Crippen MR) is 73.0 cm³/mol. The standard InChI is InChI=1S/C14H13F3N4O2/c15-14(16,17)13(4-7-23-9-13)19-12(22)10-2-1-3-11(8-10)21-6-5-18-20-21/h1-3,5-6,8H,4,7,9H2,(H,19,22). The molecule has 1 N–H and O–H groups in total. The highest BCUT2D eigenvalue weighted by Crippen LogP contribution is 2.37. The Morgan fingerprint density at radius 1 is 1.39 bits per heavy atom. The molecule has 2 aromatic rings. The number of ether oxygens (including phenoxy) is 1. The second-order valence-electron chi connectivity index (χ2n) is 5.23. The number of carbonyl (C=O) groups excluding carboxylic acids is 1. The predicted octanol–water partition coefficient (Wildman–Crippen LogP) is 1.72. The summed E-state index contributed by atoms with van der Waals surface area (Å²) in [6.45, 7) is -0.621. The van der Waals surface area contributed by atoms with E-state index in [9.17, 15) is 18.0 Å². The molecule has 1 aliphatic heterocycles. The normalized spacial score (nSPS) is 21.3. The van der Waals surface area contributed by atoms with Crippen molar-refractivity contribution in [2.75, 3.05) is 13.2 Å². The summed E-state index contributed by atoms with van der Waals surface area (Å²) < 4.78 is 46.1. The van der Waals surface area contributed by atoms with Gasteiger partial charge in [0, 0.05) is 18.6 Å². The van der Waals surface area contributed by atoms with E-state index >= 15 is 0 Å². The Hall–Kier alpha value is -2.42. The maximum atomic E-state index is 13.3. The molecule has 0 saturated carbocycles. The zero-order valence-electron chi connectivity index (χ0n) is 11.9. The fourth-order valence-electron chi connectivity index (χ4n) is 2.38. The van der Waals surface area contributed by atoms with E-state index in [0.717, 1.165) is 0 Å². The monoisotopic (exact) mass is 326 g/mol. The van der Waals surface area contributed by atoms with Gasteiger partial charge in [-0.25, -0.2) is 4.68 Å². The molecule has 23 heavy (non-hydrogen) atoms. The van der Waals surface area contributed by atoms with Gasteiger partial charge in [-0.3, -0.25) is 4.79 Å². The van der Waals surface area contributed by atoms with Gasteiger partial charge >= 0.3 is 6.18 Å². The molecule has 1 atom stereocenters. The second kappa shape index (κ2) is 5.65. The molecule has 1 unspecified atom stereocenters. The third-order valence-electron chi connectivity index (χ3n) is 3.71. The van der Waals surface area contributed by atoms with E-state index in [2.05, 4.69) is 15.6 Å². The summed E-state index contributed by atoms with van der Waals surface area (Å²) in [6, 6.07) is 6.13. The topological polar surface area (TPSA) is 69.0 Å². The number of nitrogens with one attached hydrogen (secondary N) is 1. The van der Waals surface area contributed by atoms with Crippen LogP contribution in [0.15, 0.2) is 36.7 Å². The number of halogens is 3. The Bertz CT molecular complexity index is 694. The molecular formula is C14H13F3N4O2. The Balaban J connectivity index is 1.85. The summed E-state index contributed by atoms with van der Waals surface area (Å²) in [5, 5.41) is 9.51. The van der Waals surface area contributed by atoms with Crippen molar-refractivity contribution in [3.8, 4) is 5.69 Å². The lowest BCUT2D eigenvalue weighted by Gasteiger charge is -2.31. The van der Waals surface area contributed by atoms with E-state index in [0.29, 0.717) is 5.69 Å². The number of amides is 1. The first-order valence-corrected chi connectivity index (χ1v) is 6.85. The fourth-order valence-corrected chi connectivity index (χ4v) is 2.38. The number of benzene rings is 1. The lowest BCUT2D eigenvalue weighted by atomic mass is 9.97. The molecular weight excluding hydrogens is 313 g/mol. The van der Waals surface area contributed by atoms with Crippen molar-refractivity contribution in [3.05, 3.63) is 42.2 Å². The number of hydrogen-bond donors (Lipinski definition) is 1. The van der Waals surface area contributed by atoms with E-state index in [4.69, 9.17) is 4.74 Å². The van der Waals surface area contributed by atoms with Crippen LogP contribution in [0.1, 0.15) is 16.8 Å². The van der Waals surface area contributed by atoms with Crippen LogP contribution in [0.5, 0.6) is 0 Å². The smallest absolute Gasteiger partial charge is 0.379 e. The third-order valence-corrected chi connectivity index (χ3v) is 3.71. The highest BCUT2D eigenvalue weighted by molar-refractivity contribution is 5.95. The number of hydrogen-bond acceptors (Lipinski definition) is 4. The molecule has 0 aliphatic carbocycles. The lowest BCUT2D eigenvalue weighted by Crippen LogP contribution is -2.59. The summed E-state index contributed by atoms with van der Waals surface area (Å²) in [4.78, 5) is 12.3. The van der Waals surface area contributed by atoms with Crippen LogP contribution in [0.4, 0.5) is 13.2 Å². The summed E-state index contributed by atoms with van der Waals surface area (Å²) in [5.74, 6) is -0.810. The van der Waals surface area contributed by atoms with Crippen molar-refractivity contribution in [1.82, 2.24) is 20.3 Å². The quantitative estimate of drug-likeness (QED) is 0.932. The first kappa shape index (κ1) is 15.5. The Morgan fingerprint density at radius 2 is 2.22 bits per heavy atom. The summed E-state index contributed by atoms with van der Waals surface area (Å²) in [5.41, 5.74) is -1.71. The zero-order valence-corrected chi connectivity index (χ0v) is 11.9. The van der Waals surface area contributed by atoms with Crippen LogP contribution in [0.25, 0.3) is 5.69 Å². The van der Waals surface area contributed by atoms with Crippen LogP contribution >= 0.6 is 0 Å². The maximum absolute atomic E-state index is 13.3. The summed E-state index contributed by atoms with van der Waals surface area (Å²) in [7, 11) is 0. The molecule has 3 rings (SSSR count). The average molecular weight is 326 g/mol. The van der Waals surface area contributed by atoms with Crippen molar-refractivity contribution < 1.29 is 22.7 Å². The molecule has 0 spiro atoms. The number of aromatic nitrogens is 3. The highest BCUT2D eigenvalue weighted by Gasteiger charge is 2.58. The summed E-state index contributed by atoms with van der Waals surface area (Å²) in [6.07, 6.45) is -1.85. The van der Waals surface area contributed by atoms with E-state index in [1.165, 1.54) is 23.0 Å². The van der Waals surface area contributed by atoms with Crippen molar-refractivity contribution in [2.24, 2.45) is 0 Å². The average Bonchev–Trinajstić information content (AvgIpc) is 3.18. The van der Waals surface area contributed by atoms with Gasteiger partial charge in [0.2, 0.25) is 0 Å². The minimum absolute atomic E-state index is 0.0429. The first-order valence-electron chi connectivity index (χ1n) is 6.85. The lowest BCUT2D eigenvalue weighted by molar-refractivity contribution is -0.192. The van der Waals surface area contributed by atoms with Gasteiger partial charge in [0.15, 0.2) is 5.54 Å². The van der Waals surface area contributed by atoms with Crippen LogP contribution in [0, 0.1) is 0 Å². The molecule has 2 heterocycles. The van der Waals surface area contributed by atoms with Crippen LogP contribution in [-0.2, 0) is 4.74 Å². The van der Waals surface area contributed by atoms with Crippen LogP contribution in [-0.4, -0.2) is 45.8 Å². The van der Waals surface area contributed by atoms with Gasteiger partial charge in [-0.05, 0) is 18.2 Å². The molecule has 1 aromatic carbocycles. The van der Waals surface area contributed by atoms with E-state index < -0.39 is 24.2 Å². The number of nitrogens with zero attached hydrogens (tertiary/aromatic N) is 3. The second-order valence-corrected chi connectivity index (χ2v) is 5.23. The van der Waals surface area contributed by atoms with Crippen molar-refractivity contribution >= 4 is 5.91 Å². The number of rotatable bonds is 3. The Kier molecular flexibility index (Phi) is 3.80. The van der Waals surface area contributed by atoms with Crippen molar-refractivity contribution in [3.63, 3.8) is 0 Å². The zero-order chi connectivity index (χ0) is 16.5.